The summed E-state index contributed by atoms with van der Waals surface area (Å²) in [6.07, 6.45) is 3.41. The Morgan fingerprint density at radius 3 is 2.96 bits per heavy atom. The van der Waals surface area contributed by atoms with Gasteiger partial charge in [-0.3, -0.25) is 5.10 Å². The molecule has 1 aliphatic rings. The molecule has 1 aromatic carbocycles. The Bertz CT molecular complexity index is 943. The van der Waals surface area contributed by atoms with Gasteiger partial charge in [0.15, 0.2) is 5.82 Å². The van der Waals surface area contributed by atoms with Crippen LogP contribution in [0.1, 0.15) is 30.9 Å². The predicted molar refractivity (Wildman–Crippen MR) is 86.8 cm³/mol. The van der Waals surface area contributed by atoms with Crippen LogP contribution in [0.15, 0.2) is 40.2 Å². The van der Waals surface area contributed by atoms with Gasteiger partial charge < -0.3 is 9.37 Å². The Hall–Kier alpha value is -2.94. The van der Waals surface area contributed by atoms with Gasteiger partial charge in [-0.15, -0.1) is 0 Å². The molecule has 1 N–H and O–H groups in total. The van der Waals surface area contributed by atoms with Crippen molar-refractivity contribution in [1.82, 2.24) is 15.4 Å². The fourth-order valence-electron chi connectivity index (χ4n) is 3.28. The van der Waals surface area contributed by atoms with E-state index in [1.807, 2.05) is 18.2 Å². The Balaban J connectivity index is 1.98. The molecular formula is C17H15N5O. The van der Waals surface area contributed by atoms with Gasteiger partial charge in [-0.1, -0.05) is 31.1 Å². The summed E-state index contributed by atoms with van der Waals surface area (Å²) in [4.78, 5) is 8.55. The average Bonchev–Trinajstić information content (AvgIpc) is 3.20. The largest absolute Gasteiger partial charge is 0.363 e. The minimum Gasteiger partial charge on any atom is -0.363 e. The lowest BCUT2D eigenvalue weighted by atomic mass is 9.79. The molecule has 114 valence electrons. The van der Waals surface area contributed by atoms with Crippen molar-refractivity contribution < 1.29 is 4.52 Å². The third kappa shape index (κ3) is 1.97. The zero-order valence-corrected chi connectivity index (χ0v) is 12.8. The summed E-state index contributed by atoms with van der Waals surface area (Å²) in [7, 11) is 0. The summed E-state index contributed by atoms with van der Waals surface area (Å²) in [6.45, 7) is 11.9. The highest BCUT2D eigenvalue weighted by atomic mass is 16.5. The Labute approximate surface area is 133 Å². The first-order valence-corrected chi connectivity index (χ1v) is 7.52. The zero-order chi connectivity index (χ0) is 16.0. The molecule has 0 fully saturated rings. The van der Waals surface area contributed by atoms with Crippen molar-refractivity contribution >= 4 is 22.4 Å². The molecule has 0 saturated heterocycles. The van der Waals surface area contributed by atoms with Crippen LogP contribution >= 0.6 is 0 Å². The lowest BCUT2D eigenvalue weighted by Crippen LogP contribution is -2.32. The highest BCUT2D eigenvalue weighted by molar-refractivity contribution is 5.98. The maximum atomic E-state index is 7.74. The average molecular weight is 305 g/mol. The molecule has 1 aliphatic heterocycles. The number of nitrogens with one attached hydrogen (secondary N) is 1. The van der Waals surface area contributed by atoms with Crippen molar-refractivity contribution in [1.29, 1.82) is 0 Å². The van der Waals surface area contributed by atoms with Gasteiger partial charge in [0.25, 0.3) is 6.04 Å². The highest BCUT2D eigenvalue weighted by Crippen LogP contribution is 2.42. The van der Waals surface area contributed by atoms with Crippen molar-refractivity contribution in [3.63, 3.8) is 0 Å². The minimum absolute atomic E-state index is 0.126. The van der Waals surface area contributed by atoms with Crippen molar-refractivity contribution in [2.75, 3.05) is 0 Å². The predicted octanol–water partition coefficient (Wildman–Crippen LogP) is 3.71. The maximum absolute atomic E-state index is 7.74. The number of aliphatic imine (C=N–C) groups is 1. The second kappa shape index (κ2) is 5.06. The molecule has 3 aromatic rings. The second-order valence-electron chi connectivity index (χ2n) is 6.01. The van der Waals surface area contributed by atoms with E-state index in [1.54, 1.807) is 12.5 Å². The number of aromatic nitrogens is 3. The van der Waals surface area contributed by atoms with E-state index in [1.165, 1.54) is 0 Å². The lowest BCUT2D eigenvalue weighted by molar-refractivity contribution is 0.428. The minimum atomic E-state index is -0.347. The first-order chi connectivity index (χ1) is 11.2. The number of aromatic amines is 1. The molecule has 0 radical (unpaired) electrons. The van der Waals surface area contributed by atoms with Gasteiger partial charge in [0, 0.05) is 10.9 Å². The maximum Gasteiger partial charge on any atom is 0.272 e. The fourth-order valence-corrected chi connectivity index (χ4v) is 3.28. The van der Waals surface area contributed by atoms with Gasteiger partial charge in [0.2, 0.25) is 0 Å². The smallest absolute Gasteiger partial charge is 0.272 e. The van der Waals surface area contributed by atoms with E-state index < -0.39 is 0 Å². The summed E-state index contributed by atoms with van der Waals surface area (Å²) in [6, 6.07) is 5.54. The zero-order valence-electron chi connectivity index (χ0n) is 12.8. The summed E-state index contributed by atoms with van der Waals surface area (Å²) in [5, 5.41) is 12.0. The van der Waals surface area contributed by atoms with Crippen LogP contribution in [0.5, 0.6) is 0 Å². The van der Waals surface area contributed by atoms with Gasteiger partial charge >= 0.3 is 0 Å². The van der Waals surface area contributed by atoms with Crippen molar-refractivity contribution in [2.24, 2.45) is 10.9 Å². The molecule has 23 heavy (non-hydrogen) atoms. The van der Waals surface area contributed by atoms with Crippen LogP contribution in [-0.4, -0.2) is 27.1 Å². The van der Waals surface area contributed by atoms with Gasteiger partial charge in [-0.05, 0) is 17.5 Å². The van der Waals surface area contributed by atoms with E-state index in [9.17, 15) is 0 Å². The number of nitrogens with zero attached hydrogens (tertiary/aromatic N) is 4. The SMILES string of the molecule is [C-]#[N+]C1C(C(C)C)=Nc2[nH]ncc2C1c1cccc2nocc12. The molecule has 6 heteroatoms. The molecule has 0 amide bonds. The normalized spacial score (nSPS) is 20.3. The fraction of sp³-hybridized carbons (Fsp3) is 0.294. The standard InChI is InChI=1S/C17H15N5O/c1-9(2)15-16(18-3)14(11-7-19-21-17(11)20-15)10-5-4-6-13-12(10)8-23-22-13/h4-9,14,16H,1-2H3,(H,19,21). The summed E-state index contributed by atoms with van der Waals surface area (Å²) in [5.41, 5.74) is 3.66. The summed E-state index contributed by atoms with van der Waals surface area (Å²) < 4.78 is 5.13. The van der Waals surface area contributed by atoms with Crippen LogP contribution in [0.4, 0.5) is 5.82 Å². The van der Waals surface area contributed by atoms with Crippen molar-refractivity contribution in [3.05, 3.63) is 53.2 Å². The van der Waals surface area contributed by atoms with Crippen LogP contribution in [0.2, 0.25) is 0 Å². The molecule has 0 spiro atoms. The highest BCUT2D eigenvalue weighted by Gasteiger charge is 2.42. The molecular weight excluding hydrogens is 290 g/mol. The van der Waals surface area contributed by atoms with E-state index in [0.717, 1.165) is 33.6 Å². The lowest BCUT2D eigenvalue weighted by Gasteiger charge is -2.25. The topological polar surface area (TPSA) is 71.4 Å². The number of H-pyrrole nitrogens is 1. The van der Waals surface area contributed by atoms with Crippen LogP contribution in [0.3, 0.4) is 0 Å². The Morgan fingerprint density at radius 1 is 1.30 bits per heavy atom. The van der Waals surface area contributed by atoms with Gasteiger partial charge in [0.1, 0.15) is 17.5 Å². The third-order valence-electron chi connectivity index (χ3n) is 4.35. The second-order valence-corrected chi connectivity index (χ2v) is 6.01. The number of rotatable bonds is 2. The number of hydrogen-bond acceptors (Lipinski definition) is 4. The number of fused-ring (bicyclic) bond motifs is 2. The van der Waals surface area contributed by atoms with Crippen LogP contribution < -0.4 is 0 Å². The number of hydrogen-bond donors (Lipinski definition) is 1. The molecule has 4 rings (SSSR count). The van der Waals surface area contributed by atoms with E-state index in [0.29, 0.717) is 0 Å². The van der Waals surface area contributed by atoms with Crippen LogP contribution in [0.25, 0.3) is 15.7 Å². The van der Waals surface area contributed by atoms with Crippen molar-refractivity contribution in [3.8, 4) is 0 Å². The van der Waals surface area contributed by atoms with E-state index in [2.05, 4.69) is 39.0 Å². The molecule has 0 bridgehead atoms. The molecule has 6 nitrogen and oxygen atoms in total. The van der Waals surface area contributed by atoms with E-state index in [-0.39, 0.29) is 17.9 Å². The molecule has 2 aromatic heterocycles. The molecule has 3 heterocycles. The monoisotopic (exact) mass is 305 g/mol. The molecule has 2 unspecified atom stereocenters. The first-order valence-electron chi connectivity index (χ1n) is 7.52. The van der Waals surface area contributed by atoms with Crippen molar-refractivity contribution in [2.45, 2.75) is 25.8 Å². The Morgan fingerprint density at radius 2 is 2.17 bits per heavy atom. The van der Waals surface area contributed by atoms with Crippen LogP contribution in [0, 0.1) is 12.5 Å². The van der Waals surface area contributed by atoms with E-state index >= 15 is 0 Å². The first kappa shape index (κ1) is 13.7. The third-order valence-corrected chi connectivity index (χ3v) is 4.35. The van der Waals surface area contributed by atoms with Gasteiger partial charge in [-0.25, -0.2) is 11.6 Å². The molecule has 0 aliphatic carbocycles. The van der Waals surface area contributed by atoms with Crippen LogP contribution in [-0.2, 0) is 0 Å². The van der Waals surface area contributed by atoms with E-state index in [4.69, 9.17) is 11.1 Å². The summed E-state index contributed by atoms with van der Waals surface area (Å²) in [5.74, 6) is 0.807. The summed E-state index contributed by atoms with van der Waals surface area (Å²) >= 11 is 0. The number of benzene rings is 1. The molecule has 2 atom stereocenters. The quantitative estimate of drug-likeness (QED) is 0.734. The Kier molecular flexibility index (Phi) is 3.01. The van der Waals surface area contributed by atoms with Gasteiger partial charge in [0.05, 0.1) is 12.1 Å². The molecule has 0 saturated carbocycles. The van der Waals surface area contributed by atoms with Gasteiger partial charge in [-0.2, -0.15) is 5.10 Å².